The van der Waals surface area contributed by atoms with Gasteiger partial charge < -0.3 is 25.5 Å². The molecule has 0 spiro atoms. The van der Waals surface area contributed by atoms with E-state index in [9.17, 15) is 22.4 Å². The zero-order valence-corrected chi connectivity index (χ0v) is 25.6. The maximum absolute atomic E-state index is 14.2. The molecule has 1 aliphatic rings. The number of thiol groups is 1. The van der Waals surface area contributed by atoms with Gasteiger partial charge in [0, 0.05) is 20.1 Å². The number of nitrogens with one attached hydrogen (secondary N) is 2. The van der Waals surface area contributed by atoms with Gasteiger partial charge in [0.25, 0.3) is 0 Å². The second kappa shape index (κ2) is 16.8. The highest BCUT2D eigenvalue weighted by molar-refractivity contribution is 7.78. The van der Waals surface area contributed by atoms with E-state index in [1.165, 1.54) is 0 Å². The van der Waals surface area contributed by atoms with Gasteiger partial charge in [-0.2, -0.15) is 13.2 Å². The van der Waals surface area contributed by atoms with Gasteiger partial charge in [-0.1, -0.05) is 49.6 Å². The first-order valence-electron chi connectivity index (χ1n) is 13.6. The lowest BCUT2D eigenvalue weighted by atomic mass is 9.77. The molecule has 5 rings (SSSR count). The zero-order chi connectivity index (χ0) is 33.0. The van der Waals surface area contributed by atoms with Crippen molar-refractivity contribution in [2.24, 2.45) is 13.0 Å². The number of carbonyl (C=O) groups is 2. The standard InChI is InChI=1S/C28H26F4N4O.CH5NS.CH4O.CH2O/c1-36-25-12-9-19(14-24(25)35-27(36)33)17-7-5-16(6-8-17)18-3-2-4-20(13-18)26(37)34-23-11-10-21(15-22(23)29)28(30,31)32;1-2-3;2*1-2/h5-12,14-15,18,20H,2-4,13H2,1H3,(H2,33,35)(H,34,37);2-3H,1H3;2H,1H3;1H2. The number of nitrogen functional groups attached to an aromatic ring is 1. The number of fused-ring (bicyclic) bond motifs is 1. The van der Waals surface area contributed by atoms with Crippen molar-refractivity contribution in [2.45, 2.75) is 37.8 Å². The van der Waals surface area contributed by atoms with Gasteiger partial charge in [-0.15, -0.1) is 0 Å². The monoisotopic (exact) mass is 635 g/mol. The molecule has 4 aromatic rings. The van der Waals surface area contributed by atoms with E-state index in [4.69, 9.17) is 15.6 Å². The third-order valence-corrected chi connectivity index (χ3v) is 7.23. The fourth-order valence-corrected chi connectivity index (χ4v) is 5.10. The number of rotatable bonds is 4. The Hall–Kier alpha value is -3.94. The predicted molar refractivity (Wildman–Crippen MR) is 169 cm³/mol. The summed E-state index contributed by atoms with van der Waals surface area (Å²) in [5.41, 5.74) is 9.55. The Kier molecular flexibility index (Phi) is 13.8. The third kappa shape index (κ3) is 9.04. The average molecular weight is 636 g/mol. The molecule has 0 aliphatic heterocycles. The van der Waals surface area contributed by atoms with E-state index in [0.717, 1.165) is 59.8 Å². The maximum atomic E-state index is 14.2. The van der Waals surface area contributed by atoms with Crippen LogP contribution in [0.3, 0.4) is 0 Å². The topological polar surface area (TPSA) is 122 Å². The minimum atomic E-state index is -4.64. The lowest BCUT2D eigenvalue weighted by molar-refractivity contribution is -0.137. The molecule has 1 amide bonds. The summed E-state index contributed by atoms with van der Waals surface area (Å²) in [6.45, 7) is 2.00. The molecule has 238 valence electrons. The van der Waals surface area contributed by atoms with Crippen molar-refractivity contribution < 1.29 is 32.3 Å². The summed E-state index contributed by atoms with van der Waals surface area (Å²) < 4.78 is 56.9. The van der Waals surface area contributed by atoms with Crippen LogP contribution in [0, 0.1) is 11.7 Å². The van der Waals surface area contributed by atoms with E-state index in [0.29, 0.717) is 24.9 Å². The molecule has 1 fully saturated rings. The lowest BCUT2D eigenvalue weighted by Crippen LogP contribution is -2.28. The van der Waals surface area contributed by atoms with Crippen molar-refractivity contribution >= 4 is 48.2 Å². The fourth-order valence-electron chi connectivity index (χ4n) is 5.10. The van der Waals surface area contributed by atoms with Gasteiger partial charge in [-0.05, 0) is 79.3 Å². The number of aromatic nitrogens is 2. The van der Waals surface area contributed by atoms with E-state index >= 15 is 0 Å². The van der Waals surface area contributed by atoms with Gasteiger partial charge >= 0.3 is 6.18 Å². The largest absolute Gasteiger partial charge is 0.416 e. The first-order valence-corrected chi connectivity index (χ1v) is 14.0. The number of anilines is 2. The molecule has 8 nitrogen and oxygen atoms in total. The molecule has 44 heavy (non-hydrogen) atoms. The molecule has 5 N–H and O–H groups in total. The SMILES string of the molecule is C=O.CNS.CO.Cn1c(N)nc2cc(-c3ccc(C4CCCC(C(=O)Nc5ccc(C(F)(F)F)cc5F)C4)cc3)ccc21. The number of carbonyl (C=O) groups excluding carboxylic acids is 2. The Balaban J connectivity index is 0.000000893. The highest BCUT2D eigenvalue weighted by Gasteiger charge is 2.32. The number of aryl methyl sites for hydroxylation is 1. The molecule has 0 saturated heterocycles. The number of imidazole rings is 1. The van der Waals surface area contributed by atoms with E-state index in [1.54, 1.807) is 7.05 Å². The number of amides is 1. The van der Waals surface area contributed by atoms with Crippen LogP contribution >= 0.6 is 12.8 Å². The van der Waals surface area contributed by atoms with Crippen LogP contribution in [0.1, 0.15) is 42.7 Å². The lowest BCUT2D eigenvalue weighted by Gasteiger charge is -2.29. The number of aliphatic hydroxyl groups excluding tert-OH is 1. The van der Waals surface area contributed by atoms with Gasteiger partial charge in [0.15, 0.2) is 0 Å². The maximum Gasteiger partial charge on any atom is 0.416 e. The van der Waals surface area contributed by atoms with Crippen molar-refractivity contribution in [3.05, 3.63) is 77.6 Å². The molecule has 13 heteroatoms. The van der Waals surface area contributed by atoms with Crippen LogP contribution in [0.15, 0.2) is 60.7 Å². The smallest absolute Gasteiger partial charge is 0.400 e. The van der Waals surface area contributed by atoms with E-state index < -0.39 is 17.6 Å². The molecule has 1 saturated carbocycles. The fraction of sp³-hybridized carbons (Fsp3) is 0.323. The summed E-state index contributed by atoms with van der Waals surface area (Å²) >= 11 is 3.54. The van der Waals surface area contributed by atoms with Crippen LogP contribution in [0.4, 0.5) is 29.2 Å². The van der Waals surface area contributed by atoms with Crippen LogP contribution in [0.2, 0.25) is 0 Å². The zero-order valence-electron chi connectivity index (χ0n) is 24.7. The molecular weight excluding hydrogens is 598 g/mol. The van der Waals surface area contributed by atoms with Gasteiger partial charge in [-0.3, -0.25) is 9.52 Å². The quantitative estimate of drug-likeness (QED) is 0.131. The second-order valence-corrected chi connectivity index (χ2v) is 10.3. The molecule has 0 bridgehead atoms. The predicted octanol–water partition coefficient (Wildman–Crippen LogP) is 6.37. The molecule has 2 unspecified atom stereocenters. The molecular formula is C31H37F4N5O3S. The summed E-state index contributed by atoms with van der Waals surface area (Å²) in [5, 5.41) is 9.48. The summed E-state index contributed by atoms with van der Waals surface area (Å²) in [6, 6.07) is 16.4. The Bertz CT molecular complexity index is 1510. The summed E-state index contributed by atoms with van der Waals surface area (Å²) in [4.78, 5) is 25.2. The number of aliphatic hydroxyl groups is 1. The highest BCUT2D eigenvalue weighted by Crippen LogP contribution is 2.38. The highest BCUT2D eigenvalue weighted by atomic mass is 32.1. The molecule has 2 atom stereocenters. The van der Waals surface area contributed by atoms with Crippen LogP contribution in [0.25, 0.3) is 22.2 Å². The molecule has 3 aromatic carbocycles. The Morgan fingerprint density at radius 3 is 2.25 bits per heavy atom. The molecule has 1 aliphatic carbocycles. The first-order chi connectivity index (χ1) is 21.0. The number of hydrogen-bond donors (Lipinski definition) is 5. The van der Waals surface area contributed by atoms with Crippen molar-refractivity contribution in [3.8, 4) is 11.1 Å². The summed E-state index contributed by atoms with van der Waals surface area (Å²) in [5.74, 6) is -1.20. The van der Waals surface area contributed by atoms with Crippen LogP contribution < -0.4 is 15.8 Å². The van der Waals surface area contributed by atoms with Gasteiger partial charge in [0.05, 0.1) is 22.3 Å². The Labute approximate surface area is 259 Å². The van der Waals surface area contributed by atoms with E-state index in [2.05, 4.69) is 40.0 Å². The van der Waals surface area contributed by atoms with Gasteiger partial charge in [-0.25, -0.2) is 9.37 Å². The summed E-state index contributed by atoms with van der Waals surface area (Å²) in [7, 11) is 4.61. The minimum Gasteiger partial charge on any atom is -0.400 e. The van der Waals surface area contributed by atoms with Crippen molar-refractivity contribution in [2.75, 3.05) is 25.2 Å². The average Bonchev–Trinajstić information content (AvgIpc) is 3.32. The van der Waals surface area contributed by atoms with E-state index in [1.807, 2.05) is 48.7 Å². The third-order valence-electron chi connectivity index (χ3n) is 7.23. The van der Waals surface area contributed by atoms with Crippen LogP contribution in [0.5, 0.6) is 0 Å². The molecule has 0 radical (unpaired) electrons. The van der Waals surface area contributed by atoms with Gasteiger partial charge in [0.1, 0.15) is 12.6 Å². The Morgan fingerprint density at radius 1 is 1.05 bits per heavy atom. The summed E-state index contributed by atoms with van der Waals surface area (Å²) in [6.07, 6.45) is -1.65. The van der Waals surface area contributed by atoms with Crippen molar-refractivity contribution in [3.63, 3.8) is 0 Å². The number of nitrogens with two attached hydrogens (primary N) is 1. The van der Waals surface area contributed by atoms with E-state index in [-0.39, 0.29) is 23.4 Å². The van der Waals surface area contributed by atoms with Crippen molar-refractivity contribution in [1.29, 1.82) is 0 Å². The van der Waals surface area contributed by atoms with Crippen LogP contribution in [-0.2, 0) is 22.8 Å². The van der Waals surface area contributed by atoms with Crippen LogP contribution in [-0.4, -0.2) is 41.5 Å². The first kappa shape index (κ1) is 36.3. The molecule has 1 heterocycles. The Morgan fingerprint density at radius 2 is 1.66 bits per heavy atom. The number of alkyl halides is 3. The van der Waals surface area contributed by atoms with Gasteiger partial charge in [0.2, 0.25) is 11.9 Å². The normalized spacial score (nSPS) is 15.9. The number of benzene rings is 3. The number of hydrogen-bond acceptors (Lipinski definition) is 7. The number of nitrogens with zero attached hydrogens (tertiary/aromatic N) is 2. The number of halogens is 4. The molecule has 1 aromatic heterocycles. The minimum absolute atomic E-state index is 0.161. The van der Waals surface area contributed by atoms with Crippen molar-refractivity contribution in [1.82, 2.24) is 14.3 Å². The second-order valence-electron chi connectivity index (χ2n) is 9.82.